The van der Waals surface area contributed by atoms with Crippen molar-refractivity contribution in [1.29, 1.82) is 0 Å². The average molecular weight is 256 g/mol. The molecule has 1 amide bonds. The van der Waals surface area contributed by atoms with Gasteiger partial charge in [-0.3, -0.25) is 4.79 Å². The highest BCUT2D eigenvalue weighted by molar-refractivity contribution is 7.09. The SMILES string of the molecule is O=C(NCCc1nccs1)C(F)(F)C(F)F. The summed E-state index contributed by atoms with van der Waals surface area (Å²) in [6, 6.07) is 0. The molecule has 0 aliphatic rings. The van der Waals surface area contributed by atoms with Crippen LogP contribution in [0.1, 0.15) is 5.01 Å². The van der Waals surface area contributed by atoms with Crippen molar-refractivity contribution in [3.8, 4) is 0 Å². The Kier molecular flexibility index (Phi) is 4.22. The molecule has 1 aromatic heterocycles. The van der Waals surface area contributed by atoms with Crippen LogP contribution in [-0.2, 0) is 11.2 Å². The summed E-state index contributed by atoms with van der Waals surface area (Å²) < 4.78 is 48.3. The van der Waals surface area contributed by atoms with E-state index in [1.807, 2.05) is 0 Å². The third-order valence-electron chi connectivity index (χ3n) is 1.68. The minimum absolute atomic E-state index is 0.144. The molecule has 0 unspecified atom stereocenters. The monoisotopic (exact) mass is 256 g/mol. The fourth-order valence-electron chi connectivity index (χ4n) is 0.876. The van der Waals surface area contributed by atoms with Crippen molar-refractivity contribution in [2.75, 3.05) is 6.54 Å². The topological polar surface area (TPSA) is 42.0 Å². The van der Waals surface area contributed by atoms with E-state index in [2.05, 4.69) is 4.98 Å². The molecule has 0 saturated heterocycles. The fraction of sp³-hybridized carbons (Fsp3) is 0.500. The van der Waals surface area contributed by atoms with Crippen LogP contribution in [0.3, 0.4) is 0 Å². The molecule has 1 heterocycles. The Morgan fingerprint density at radius 1 is 1.56 bits per heavy atom. The summed E-state index contributed by atoms with van der Waals surface area (Å²) in [5.74, 6) is -6.60. The molecule has 0 radical (unpaired) electrons. The van der Waals surface area contributed by atoms with Gasteiger partial charge < -0.3 is 5.32 Å². The minimum Gasteiger partial charge on any atom is -0.350 e. The van der Waals surface area contributed by atoms with E-state index in [1.54, 1.807) is 10.7 Å². The van der Waals surface area contributed by atoms with E-state index in [-0.39, 0.29) is 13.0 Å². The first-order valence-electron chi connectivity index (χ1n) is 4.27. The summed E-state index contributed by atoms with van der Waals surface area (Å²) in [7, 11) is 0. The zero-order chi connectivity index (χ0) is 12.2. The molecule has 8 heteroatoms. The lowest BCUT2D eigenvalue weighted by Crippen LogP contribution is -2.45. The minimum atomic E-state index is -4.64. The lowest BCUT2D eigenvalue weighted by atomic mass is 10.3. The van der Waals surface area contributed by atoms with Gasteiger partial charge in [-0.15, -0.1) is 11.3 Å². The third-order valence-corrected chi connectivity index (χ3v) is 2.52. The number of thiazole rings is 1. The number of nitrogens with zero attached hydrogens (tertiary/aromatic N) is 1. The third kappa shape index (κ3) is 3.16. The predicted octanol–water partition coefficient (Wildman–Crippen LogP) is 1.70. The van der Waals surface area contributed by atoms with E-state index in [4.69, 9.17) is 0 Å². The quantitative estimate of drug-likeness (QED) is 0.815. The molecule has 1 N–H and O–H groups in total. The van der Waals surface area contributed by atoms with E-state index >= 15 is 0 Å². The number of carbonyl (C=O) groups excluding carboxylic acids is 1. The number of nitrogens with one attached hydrogen (secondary N) is 1. The summed E-state index contributed by atoms with van der Waals surface area (Å²) in [5, 5.41) is 4.07. The van der Waals surface area contributed by atoms with Crippen LogP contribution in [0.4, 0.5) is 17.6 Å². The van der Waals surface area contributed by atoms with E-state index in [9.17, 15) is 22.4 Å². The second kappa shape index (κ2) is 5.24. The van der Waals surface area contributed by atoms with Gasteiger partial charge in [-0.25, -0.2) is 13.8 Å². The second-order valence-corrected chi connectivity index (χ2v) is 3.83. The van der Waals surface area contributed by atoms with Crippen molar-refractivity contribution < 1.29 is 22.4 Å². The molecular formula is C8H8F4N2OS. The molecule has 0 fully saturated rings. The molecule has 0 atom stereocenters. The lowest BCUT2D eigenvalue weighted by Gasteiger charge is -2.14. The highest BCUT2D eigenvalue weighted by Crippen LogP contribution is 2.22. The highest BCUT2D eigenvalue weighted by Gasteiger charge is 2.48. The lowest BCUT2D eigenvalue weighted by molar-refractivity contribution is -0.169. The molecule has 0 aliphatic carbocycles. The molecule has 90 valence electrons. The van der Waals surface area contributed by atoms with Gasteiger partial charge in [-0.1, -0.05) is 0 Å². The van der Waals surface area contributed by atoms with Crippen LogP contribution in [0.5, 0.6) is 0 Å². The van der Waals surface area contributed by atoms with Crippen molar-refractivity contribution >= 4 is 17.2 Å². The number of alkyl halides is 4. The van der Waals surface area contributed by atoms with Crippen molar-refractivity contribution in [3.63, 3.8) is 0 Å². The van der Waals surface area contributed by atoms with E-state index in [1.165, 1.54) is 17.5 Å². The van der Waals surface area contributed by atoms with E-state index in [0.29, 0.717) is 5.01 Å². The molecule has 1 aromatic rings. The maximum absolute atomic E-state index is 12.4. The van der Waals surface area contributed by atoms with Crippen LogP contribution >= 0.6 is 11.3 Å². The predicted molar refractivity (Wildman–Crippen MR) is 49.8 cm³/mol. The number of hydrogen-bond acceptors (Lipinski definition) is 3. The van der Waals surface area contributed by atoms with Crippen molar-refractivity contribution in [1.82, 2.24) is 10.3 Å². The summed E-state index contributed by atoms with van der Waals surface area (Å²) >= 11 is 1.29. The smallest absolute Gasteiger partial charge is 0.350 e. The zero-order valence-electron chi connectivity index (χ0n) is 7.92. The number of aromatic nitrogens is 1. The Balaban J connectivity index is 2.36. The summed E-state index contributed by atoms with van der Waals surface area (Å²) in [5.41, 5.74) is 0. The van der Waals surface area contributed by atoms with Crippen molar-refractivity contribution in [2.24, 2.45) is 0 Å². The van der Waals surface area contributed by atoms with Gasteiger partial charge in [0, 0.05) is 24.5 Å². The number of halogens is 4. The molecule has 1 rings (SSSR count). The van der Waals surface area contributed by atoms with Crippen LogP contribution in [0, 0.1) is 0 Å². The maximum atomic E-state index is 12.4. The van der Waals surface area contributed by atoms with Crippen molar-refractivity contribution in [2.45, 2.75) is 18.8 Å². The average Bonchev–Trinajstić information content (AvgIpc) is 2.70. The molecule has 3 nitrogen and oxygen atoms in total. The molecule has 0 aromatic carbocycles. The largest absolute Gasteiger partial charge is 0.383 e. The van der Waals surface area contributed by atoms with Gasteiger partial charge in [0.1, 0.15) is 0 Å². The highest BCUT2D eigenvalue weighted by atomic mass is 32.1. The molecule has 0 aliphatic heterocycles. The molecule has 0 bridgehead atoms. The van der Waals surface area contributed by atoms with Gasteiger partial charge in [0.2, 0.25) is 0 Å². The van der Waals surface area contributed by atoms with Crippen LogP contribution in [0.15, 0.2) is 11.6 Å². The summed E-state index contributed by atoms with van der Waals surface area (Å²) in [6.07, 6.45) is -2.23. The Labute approximate surface area is 92.5 Å². The molecular weight excluding hydrogens is 248 g/mol. The molecule has 16 heavy (non-hydrogen) atoms. The van der Waals surface area contributed by atoms with Crippen LogP contribution in [0.25, 0.3) is 0 Å². The summed E-state index contributed by atoms with van der Waals surface area (Å²) in [6.45, 7) is -0.144. The first kappa shape index (κ1) is 12.9. The Morgan fingerprint density at radius 2 is 2.25 bits per heavy atom. The molecule has 0 saturated carbocycles. The van der Waals surface area contributed by atoms with Gasteiger partial charge in [0.05, 0.1) is 5.01 Å². The zero-order valence-corrected chi connectivity index (χ0v) is 8.74. The van der Waals surface area contributed by atoms with Gasteiger partial charge in [-0.05, 0) is 0 Å². The Bertz CT molecular complexity index is 342. The van der Waals surface area contributed by atoms with Gasteiger partial charge in [0.25, 0.3) is 5.91 Å². The fourth-order valence-corrected chi connectivity index (χ4v) is 1.50. The van der Waals surface area contributed by atoms with Gasteiger partial charge >= 0.3 is 12.3 Å². The molecule has 0 spiro atoms. The number of amides is 1. The standard InChI is InChI=1S/C8H8F4N2OS/c9-6(10)8(11,12)7(15)14-2-1-5-13-3-4-16-5/h3-4,6H,1-2H2,(H,14,15). The Morgan fingerprint density at radius 3 is 2.75 bits per heavy atom. The van der Waals surface area contributed by atoms with Crippen LogP contribution in [0.2, 0.25) is 0 Å². The van der Waals surface area contributed by atoms with Crippen LogP contribution in [-0.4, -0.2) is 29.8 Å². The van der Waals surface area contributed by atoms with E-state index < -0.39 is 18.3 Å². The van der Waals surface area contributed by atoms with Crippen LogP contribution < -0.4 is 5.32 Å². The Hall–Kier alpha value is -1.18. The number of carbonyl (C=O) groups is 1. The van der Waals surface area contributed by atoms with Gasteiger partial charge in [0.15, 0.2) is 0 Å². The second-order valence-electron chi connectivity index (χ2n) is 2.86. The first-order valence-corrected chi connectivity index (χ1v) is 5.15. The first-order chi connectivity index (χ1) is 7.44. The van der Waals surface area contributed by atoms with E-state index in [0.717, 1.165) is 0 Å². The number of rotatable bonds is 5. The van der Waals surface area contributed by atoms with Gasteiger partial charge in [-0.2, -0.15) is 8.78 Å². The number of hydrogen-bond donors (Lipinski definition) is 1. The van der Waals surface area contributed by atoms with Crippen molar-refractivity contribution in [3.05, 3.63) is 16.6 Å². The maximum Gasteiger partial charge on any atom is 0.383 e. The summed E-state index contributed by atoms with van der Waals surface area (Å²) in [4.78, 5) is 14.5. The normalized spacial score (nSPS) is 11.8.